The molecule has 5 heteroatoms. The number of hydrogen-bond donors (Lipinski definition) is 2. The fourth-order valence-corrected chi connectivity index (χ4v) is 1.94. The second kappa shape index (κ2) is 10.6. The zero-order valence-corrected chi connectivity index (χ0v) is 13.2. The van der Waals surface area contributed by atoms with E-state index in [0.717, 1.165) is 23.4 Å². The lowest BCUT2D eigenvalue weighted by Gasteiger charge is -2.17. The zero-order valence-electron chi connectivity index (χ0n) is 13.2. The molecule has 5 nitrogen and oxygen atoms in total. The molecular formula is C16H27NO4. The molecule has 0 saturated heterocycles. The van der Waals surface area contributed by atoms with Crippen molar-refractivity contribution in [3.8, 4) is 5.75 Å². The van der Waals surface area contributed by atoms with Gasteiger partial charge < -0.3 is 24.6 Å². The highest BCUT2D eigenvalue weighted by atomic mass is 16.5. The van der Waals surface area contributed by atoms with Crippen LogP contribution in [0.5, 0.6) is 5.75 Å². The zero-order chi connectivity index (χ0) is 15.5. The molecule has 1 unspecified atom stereocenters. The molecule has 0 amide bonds. The number of aliphatic hydroxyl groups is 1. The van der Waals surface area contributed by atoms with Crippen molar-refractivity contribution in [1.29, 1.82) is 0 Å². The third-order valence-corrected chi connectivity index (χ3v) is 3.03. The van der Waals surface area contributed by atoms with Gasteiger partial charge in [0.15, 0.2) is 0 Å². The largest absolute Gasteiger partial charge is 0.490 e. The van der Waals surface area contributed by atoms with Gasteiger partial charge in [0.25, 0.3) is 0 Å². The fourth-order valence-electron chi connectivity index (χ4n) is 1.94. The molecule has 1 rings (SSSR count). The lowest BCUT2D eigenvalue weighted by Crippen LogP contribution is -2.24. The van der Waals surface area contributed by atoms with Crippen LogP contribution >= 0.6 is 0 Å². The standard InChI is InChI=1S/C16H27NO4/c1-4-20-11-15(18)12-21-16-13(2)6-5-7-14(16)10-17-8-9-19-3/h5-7,15,17-18H,4,8-12H2,1-3H3. The Morgan fingerprint density at radius 2 is 2.10 bits per heavy atom. The number of methoxy groups -OCH3 is 1. The number of benzene rings is 1. The fraction of sp³-hybridized carbons (Fsp3) is 0.625. The van der Waals surface area contributed by atoms with Crippen LogP contribution in [-0.2, 0) is 16.0 Å². The van der Waals surface area contributed by atoms with Gasteiger partial charge in [0.1, 0.15) is 18.5 Å². The van der Waals surface area contributed by atoms with Crippen LogP contribution in [0, 0.1) is 6.92 Å². The summed E-state index contributed by atoms with van der Waals surface area (Å²) in [5.74, 6) is 0.831. The molecule has 0 bridgehead atoms. The highest BCUT2D eigenvalue weighted by Gasteiger charge is 2.10. The van der Waals surface area contributed by atoms with Gasteiger partial charge in [-0.15, -0.1) is 0 Å². The van der Waals surface area contributed by atoms with Crippen molar-refractivity contribution < 1.29 is 19.3 Å². The summed E-state index contributed by atoms with van der Waals surface area (Å²) < 4.78 is 16.0. The van der Waals surface area contributed by atoms with E-state index in [9.17, 15) is 5.11 Å². The number of aliphatic hydroxyl groups excluding tert-OH is 1. The Hall–Kier alpha value is -1.14. The maximum Gasteiger partial charge on any atom is 0.126 e. The second-order valence-corrected chi connectivity index (χ2v) is 4.86. The Morgan fingerprint density at radius 3 is 2.81 bits per heavy atom. The average molecular weight is 297 g/mol. The van der Waals surface area contributed by atoms with Gasteiger partial charge in [-0.05, 0) is 19.4 Å². The van der Waals surface area contributed by atoms with Crippen molar-refractivity contribution >= 4 is 0 Å². The Balaban J connectivity index is 2.54. The highest BCUT2D eigenvalue weighted by Crippen LogP contribution is 2.23. The first-order chi connectivity index (χ1) is 10.2. The molecule has 0 aliphatic rings. The summed E-state index contributed by atoms with van der Waals surface area (Å²) in [5, 5.41) is 13.1. The Morgan fingerprint density at radius 1 is 1.29 bits per heavy atom. The van der Waals surface area contributed by atoms with E-state index in [1.165, 1.54) is 0 Å². The molecule has 0 heterocycles. The van der Waals surface area contributed by atoms with Gasteiger partial charge in [0.05, 0.1) is 13.2 Å². The molecule has 1 aromatic carbocycles. The van der Waals surface area contributed by atoms with E-state index in [1.54, 1.807) is 7.11 Å². The van der Waals surface area contributed by atoms with Crippen molar-refractivity contribution in [2.75, 3.05) is 40.1 Å². The first kappa shape index (κ1) is 17.9. The van der Waals surface area contributed by atoms with Crippen LogP contribution in [0.3, 0.4) is 0 Å². The molecule has 0 aliphatic carbocycles. The maximum absolute atomic E-state index is 9.79. The molecule has 0 aromatic heterocycles. The van der Waals surface area contributed by atoms with Crippen LogP contribution in [0.4, 0.5) is 0 Å². The van der Waals surface area contributed by atoms with E-state index < -0.39 is 6.10 Å². The predicted molar refractivity (Wildman–Crippen MR) is 82.8 cm³/mol. The summed E-state index contributed by atoms with van der Waals surface area (Å²) in [6.45, 7) is 7.20. The van der Waals surface area contributed by atoms with Crippen LogP contribution in [0.1, 0.15) is 18.1 Å². The number of rotatable bonds is 11. The molecule has 0 aliphatic heterocycles. The SMILES string of the molecule is CCOCC(O)COc1c(C)cccc1CNCCOC. The van der Waals surface area contributed by atoms with Crippen molar-refractivity contribution in [3.63, 3.8) is 0 Å². The van der Waals surface area contributed by atoms with Gasteiger partial charge in [-0.25, -0.2) is 0 Å². The minimum Gasteiger partial charge on any atom is -0.490 e. The summed E-state index contributed by atoms with van der Waals surface area (Å²) in [5.41, 5.74) is 2.14. The highest BCUT2D eigenvalue weighted by molar-refractivity contribution is 5.40. The van der Waals surface area contributed by atoms with Crippen LogP contribution < -0.4 is 10.1 Å². The summed E-state index contributed by atoms with van der Waals surface area (Å²) in [4.78, 5) is 0. The molecule has 120 valence electrons. The van der Waals surface area contributed by atoms with Gasteiger partial charge in [-0.1, -0.05) is 18.2 Å². The van der Waals surface area contributed by atoms with E-state index in [2.05, 4.69) is 5.32 Å². The quantitative estimate of drug-likeness (QED) is 0.606. The third kappa shape index (κ3) is 6.91. The van der Waals surface area contributed by atoms with Gasteiger partial charge in [-0.3, -0.25) is 0 Å². The predicted octanol–water partition coefficient (Wildman–Crippen LogP) is 1.51. The molecule has 0 saturated carbocycles. The van der Waals surface area contributed by atoms with E-state index in [0.29, 0.717) is 26.4 Å². The van der Waals surface area contributed by atoms with Crippen LogP contribution in [0.25, 0.3) is 0 Å². The summed E-state index contributed by atoms with van der Waals surface area (Å²) in [6.07, 6.45) is -0.612. The summed E-state index contributed by atoms with van der Waals surface area (Å²) in [7, 11) is 1.68. The first-order valence-electron chi connectivity index (χ1n) is 7.35. The molecule has 21 heavy (non-hydrogen) atoms. The molecule has 0 spiro atoms. The van der Waals surface area contributed by atoms with Crippen molar-refractivity contribution in [2.45, 2.75) is 26.5 Å². The van der Waals surface area contributed by atoms with Crippen LogP contribution in [-0.4, -0.2) is 51.3 Å². The van der Waals surface area contributed by atoms with E-state index in [-0.39, 0.29) is 6.61 Å². The average Bonchev–Trinajstić information content (AvgIpc) is 2.48. The van der Waals surface area contributed by atoms with Crippen molar-refractivity contribution in [2.24, 2.45) is 0 Å². The van der Waals surface area contributed by atoms with Crippen LogP contribution in [0.2, 0.25) is 0 Å². The Bertz CT molecular complexity index is 398. The van der Waals surface area contributed by atoms with Crippen LogP contribution in [0.15, 0.2) is 18.2 Å². The number of nitrogens with one attached hydrogen (secondary N) is 1. The first-order valence-corrected chi connectivity index (χ1v) is 7.35. The van der Waals surface area contributed by atoms with E-state index >= 15 is 0 Å². The second-order valence-electron chi connectivity index (χ2n) is 4.86. The van der Waals surface area contributed by atoms with Crippen molar-refractivity contribution in [1.82, 2.24) is 5.32 Å². The van der Waals surface area contributed by atoms with Crippen molar-refractivity contribution in [3.05, 3.63) is 29.3 Å². The molecule has 0 fully saturated rings. The summed E-state index contributed by atoms with van der Waals surface area (Å²) in [6, 6.07) is 6.03. The van der Waals surface area contributed by atoms with Gasteiger partial charge >= 0.3 is 0 Å². The lowest BCUT2D eigenvalue weighted by atomic mass is 10.1. The lowest BCUT2D eigenvalue weighted by molar-refractivity contribution is 0.0161. The third-order valence-electron chi connectivity index (χ3n) is 3.03. The topological polar surface area (TPSA) is 60.0 Å². The van der Waals surface area contributed by atoms with Gasteiger partial charge in [-0.2, -0.15) is 0 Å². The van der Waals surface area contributed by atoms with Gasteiger partial charge in [0.2, 0.25) is 0 Å². The number of para-hydroxylation sites is 1. The Kier molecular flexibility index (Phi) is 9.01. The minimum atomic E-state index is -0.612. The summed E-state index contributed by atoms with van der Waals surface area (Å²) >= 11 is 0. The number of aryl methyl sites for hydroxylation is 1. The van der Waals surface area contributed by atoms with E-state index in [1.807, 2.05) is 32.0 Å². The van der Waals surface area contributed by atoms with Gasteiger partial charge in [0, 0.05) is 32.4 Å². The number of ether oxygens (including phenoxy) is 3. The molecular weight excluding hydrogens is 270 g/mol. The molecule has 0 radical (unpaired) electrons. The van der Waals surface area contributed by atoms with E-state index in [4.69, 9.17) is 14.2 Å². The molecule has 1 atom stereocenters. The smallest absolute Gasteiger partial charge is 0.126 e. The monoisotopic (exact) mass is 297 g/mol. The normalized spacial score (nSPS) is 12.4. The Labute approximate surface area is 127 Å². The molecule has 1 aromatic rings. The molecule has 2 N–H and O–H groups in total. The number of hydrogen-bond acceptors (Lipinski definition) is 5. The minimum absolute atomic E-state index is 0.232. The maximum atomic E-state index is 9.79.